The fourth-order valence-electron chi connectivity index (χ4n) is 3.64. The molecule has 0 radical (unpaired) electrons. The summed E-state index contributed by atoms with van der Waals surface area (Å²) < 4.78 is 11.4. The van der Waals surface area contributed by atoms with Crippen molar-refractivity contribution in [1.82, 2.24) is 0 Å². The van der Waals surface area contributed by atoms with Crippen molar-refractivity contribution in [3.63, 3.8) is 0 Å². The minimum absolute atomic E-state index is 0.137. The van der Waals surface area contributed by atoms with Gasteiger partial charge >= 0.3 is 5.97 Å². The first kappa shape index (κ1) is 25.0. The normalized spacial score (nSPS) is 11.8. The quantitative estimate of drug-likeness (QED) is 0.213. The van der Waals surface area contributed by atoms with Gasteiger partial charge in [0.25, 0.3) is 0 Å². The van der Waals surface area contributed by atoms with Crippen LogP contribution in [0.5, 0.6) is 5.75 Å². The van der Waals surface area contributed by atoms with E-state index in [2.05, 4.69) is 31.2 Å². The topological polar surface area (TPSA) is 35.5 Å². The minimum Gasteiger partial charge on any atom is -0.494 e. The largest absolute Gasteiger partial charge is 0.494 e. The lowest BCUT2D eigenvalue weighted by atomic mass is 10.0. The molecule has 0 heterocycles. The van der Waals surface area contributed by atoms with E-state index in [1.165, 1.54) is 44.9 Å². The summed E-state index contributed by atoms with van der Waals surface area (Å²) in [6.07, 6.45) is 11.5. The average Bonchev–Trinajstić information content (AvgIpc) is 2.78. The summed E-state index contributed by atoms with van der Waals surface area (Å²) in [6, 6.07) is 16.5. The predicted octanol–water partition coefficient (Wildman–Crippen LogP) is 8.28. The van der Waals surface area contributed by atoms with Crippen LogP contribution in [0.2, 0.25) is 0 Å². The maximum atomic E-state index is 11.7. The molecule has 2 rings (SSSR count). The molecule has 0 fully saturated rings. The fraction of sp³-hybridized carbons (Fsp3) is 0.536. The second-order valence-corrected chi connectivity index (χ2v) is 8.35. The van der Waals surface area contributed by atoms with Crippen molar-refractivity contribution in [2.24, 2.45) is 0 Å². The molecular weight excluding hydrogens is 384 g/mol. The van der Waals surface area contributed by atoms with Crippen LogP contribution < -0.4 is 4.74 Å². The number of rotatable bonds is 15. The van der Waals surface area contributed by atoms with E-state index in [0.29, 0.717) is 6.42 Å². The highest BCUT2D eigenvalue weighted by molar-refractivity contribution is 5.69. The number of carbonyl (C=O) groups is 1. The van der Waals surface area contributed by atoms with Crippen LogP contribution in [-0.4, -0.2) is 12.6 Å². The molecule has 0 aliphatic rings. The molecule has 0 bridgehead atoms. The minimum atomic E-state index is -0.222. The number of unbranched alkanes of at least 4 members (excludes halogenated alkanes) is 7. The van der Waals surface area contributed by atoms with Gasteiger partial charge in [-0.1, -0.05) is 95.2 Å². The lowest BCUT2D eigenvalue weighted by Gasteiger charge is -2.14. The summed E-state index contributed by atoms with van der Waals surface area (Å²) >= 11 is 0. The van der Waals surface area contributed by atoms with Crippen LogP contribution in [-0.2, 0) is 9.53 Å². The molecular formula is C28H40O3. The second-order valence-electron chi connectivity index (χ2n) is 8.35. The molecule has 2 aromatic carbocycles. The number of hydrogen-bond donors (Lipinski definition) is 0. The lowest BCUT2D eigenvalue weighted by Crippen LogP contribution is -2.08. The van der Waals surface area contributed by atoms with Crippen molar-refractivity contribution in [2.75, 3.05) is 6.61 Å². The molecule has 0 spiro atoms. The van der Waals surface area contributed by atoms with Crippen molar-refractivity contribution in [2.45, 2.75) is 91.1 Å². The van der Waals surface area contributed by atoms with Crippen LogP contribution in [0, 0.1) is 0 Å². The molecule has 0 aliphatic heterocycles. The van der Waals surface area contributed by atoms with Gasteiger partial charge in [0.1, 0.15) is 11.9 Å². The van der Waals surface area contributed by atoms with Gasteiger partial charge in [0.05, 0.1) is 6.61 Å². The predicted molar refractivity (Wildman–Crippen MR) is 129 cm³/mol. The van der Waals surface area contributed by atoms with Gasteiger partial charge in [0, 0.05) is 6.42 Å². The molecule has 0 saturated heterocycles. The molecule has 31 heavy (non-hydrogen) atoms. The van der Waals surface area contributed by atoms with Gasteiger partial charge < -0.3 is 9.47 Å². The summed E-state index contributed by atoms with van der Waals surface area (Å²) in [5, 5.41) is 0. The van der Waals surface area contributed by atoms with Crippen LogP contribution >= 0.6 is 0 Å². The Morgan fingerprint density at radius 2 is 1.29 bits per heavy atom. The van der Waals surface area contributed by atoms with Gasteiger partial charge in [0.15, 0.2) is 0 Å². The van der Waals surface area contributed by atoms with E-state index in [-0.39, 0.29) is 12.1 Å². The number of benzene rings is 2. The van der Waals surface area contributed by atoms with Gasteiger partial charge in [-0.3, -0.25) is 4.79 Å². The molecule has 0 aromatic heterocycles. The molecule has 0 N–H and O–H groups in total. The molecule has 1 atom stereocenters. The number of carbonyl (C=O) groups excluding carboxylic acids is 1. The monoisotopic (exact) mass is 424 g/mol. The summed E-state index contributed by atoms with van der Waals surface area (Å²) in [6.45, 7) is 6.95. The van der Waals surface area contributed by atoms with E-state index in [0.717, 1.165) is 41.9 Å². The highest BCUT2D eigenvalue weighted by Gasteiger charge is 2.11. The maximum Gasteiger partial charge on any atom is 0.306 e. The maximum absolute atomic E-state index is 11.7. The van der Waals surface area contributed by atoms with Crippen LogP contribution in [0.1, 0.15) is 96.6 Å². The Balaban J connectivity index is 1.73. The third-order valence-electron chi connectivity index (χ3n) is 5.60. The van der Waals surface area contributed by atoms with Crippen molar-refractivity contribution >= 4 is 5.97 Å². The number of hydrogen-bond acceptors (Lipinski definition) is 3. The summed E-state index contributed by atoms with van der Waals surface area (Å²) in [5.41, 5.74) is 3.31. The van der Waals surface area contributed by atoms with E-state index < -0.39 is 0 Å². The SMILES string of the molecule is CCCCCCCCCCOc1ccc(-c2ccc(C(C)OC(=O)CCC)cc2)cc1. The summed E-state index contributed by atoms with van der Waals surface area (Å²) in [5.74, 6) is 0.793. The lowest BCUT2D eigenvalue weighted by molar-refractivity contribution is -0.148. The van der Waals surface area contributed by atoms with E-state index in [1.807, 2.05) is 38.1 Å². The smallest absolute Gasteiger partial charge is 0.306 e. The van der Waals surface area contributed by atoms with Crippen molar-refractivity contribution in [3.05, 3.63) is 54.1 Å². The van der Waals surface area contributed by atoms with E-state index in [4.69, 9.17) is 9.47 Å². The van der Waals surface area contributed by atoms with Crippen molar-refractivity contribution < 1.29 is 14.3 Å². The Morgan fingerprint density at radius 1 is 0.742 bits per heavy atom. The van der Waals surface area contributed by atoms with Crippen molar-refractivity contribution in [1.29, 1.82) is 0 Å². The van der Waals surface area contributed by atoms with E-state index in [9.17, 15) is 4.79 Å². The van der Waals surface area contributed by atoms with Crippen LogP contribution in [0.3, 0.4) is 0 Å². The third kappa shape index (κ3) is 9.59. The highest BCUT2D eigenvalue weighted by Crippen LogP contribution is 2.25. The first-order chi connectivity index (χ1) is 15.1. The molecule has 2 aromatic rings. The molecule has 0 aliphatic carbocycles. The van der Waals surface area contributed by atoms with Crippen LogP contribution in [0.15, 0.2) is 48.5 Å². The first-order valence-electron chi connectivity index (χ1n) is 12.2. The van der Waals surface area contributed by atoms with Crippen molar-refractivity contribution in [3.8, 4) is 16.9 Å². The average molecular weight is 425 g/mol. The zero-order valence-electron chi connectivity index (χ0n) is 19.7. The van der Waals surface area contributed by atoms with E-state index in [1.54, 1.807) is 0 Å². The third-order valence-corrected chi connectivity index (χ3v) is 5.60. The first-order valence-corrected chi connectivity index (χ1v) is 12.2. The van der Waals surface area contributed by atoms with Gasteiger partial charge in [-0.15, -0.1) is 0 Å². The summed E-state index contributed by atoms with van der Waals surface area (Å²) in [4.78, 5) is 11.7. The van der Waals surface area contributed by atoms with Gasteiger partial charge in [-0.05, 0) is 48.6 Å². The molecule has 3 heteroatoms. The van der Waals surface area contributed by atoms with Gasteiger partial charge in [-0.25, -0.2) is 0 Å². The molecule has 1 unspecified atom stereocenters. The molecule has 0 saturated carbocycles. The zero-order chi connectivity index (χ0) is 22.3. The molecule has 0 amide bonds. The number of esters is 1. The van der Waals surface area contributed by atoms with Crippen LogP contribution in [0.4, 0.5) is 0 Å². The molecule has 170 valence electrons. The Bertz CT molecular complexity index is 734. The Labute approximate surface area is 189 Å². The highest BCUT2D eigenvalue weighted by atomic mass is 16.5. The van der Waals surface area contributed by atoms with Gasteiger partial charge in [0.2, 0.25) is 0 Å². The number of ether oxygens (including phenoxy) is 2. The zero-order valence-corrected chi connectivity index (χ0v) is 19.7. The fourth-order valence-corrected chi connectivity index (χ4v) is 3.64. The second kappa shape index (κ2) is 14.7. The Kier molecular flexibility index (Phi) is 11.8. The van der Waals surface area contributed by atoms with Gasteiger partial charge in [-0.2, -0.15) is 0 Å². The molecule has 3 nitrogen and oxygen atoms in total. The van der Waals surface area contributed by atoms with E-state index >= 15 is 0 Å². The Hall–Kier alpha value is -2.29. The Morgan fingerprint density at radius 3 is 1.87 bits per heavy atom. The summed E-state index contributed by atoms with van der Waals surface area (Å²) in [7, 11) is 0. The standard InChI is InChI=1S/C28H40O3/c1-4-6-7-8-9-10-11-12-22-30-27-20-18-26(19-21-27)25-16-14-24(15-17-25)23(3)31-28(29)13-5-2/h14-21,23H,4-13,22H2,1-3H3. The van der Waals surface area contributed by atoms with Crippen LogP contribution in [0.25, 0.3) is 11.1 Å².